The van der Waals surface area contributed by atoms with E-state index in [1.165, 1.54) is 51.6 Å². The van der Waals surface area contributed by atoms with Gasteiger partial charge < -0.3 is 9.80 Å². The average molecular weight is 227 g/mol. The molecule has 17 heavy (non-hydrogen) atoms. The molecular weight excluding hydrogens is 210 g/mol. The van der Waals surface area contributed by atoms with Crippen LogP contribution in [0.2, 0.25) is 0 Å². The Kier molecular flexibility index (Phi) is 1.72. The molecule has 3 aliphatic rings. The Bertz CT molecular complexity index is 528. The van der Waals surface area contributed by atoms with E-state index < -0.39 is 0 Å². The zero-order chi connectivity index (χ0) is 11.6. The van der Waals surface area contributed by atoms with Crippen LogP contribution >= 0.6 is 0 Å². The lowest BCUT2D eigenvalue weighted by molar-refractivity contribution is -0.906. The minimum Gasteiger partial charge on any atom is -0.455 e. The first-order valence-corrected chi connectivity index (χ1v) is 6.26. The molecule has 1 fully saturated rings. The lowest BCUT2D eigenvalue weighted by atomic mass is 9.93. The summed E-state index contributed by atoms with van der Waals surface area (Å²) in [6.07, 6.45) is 7.69. The Balaban J connectivity index is 1.85. The number of nitrogens with one attached hydrogen (secondary N) is 2. The number of aromatic nitrogens is 1. The fraction of sp³-hybridized carbons (Fsp3) is 0.357. The van der Waals surface area contributed by atoms with Gasteiger partial charge in [-0.3, -0.25) is 4.98 Å². The van der Waals surface area contributed by atoms with Gasteiger partial charge in [-0.2, -0.15) is 0 Å². The first-order chi connectivity index (χ1) is 8.21. The number of hydrogen-bond acceptors (Lipinski definition) is 1. The summed E-state index contributed by atoms with van der Waals surface area (Å²) in [5, 5.41) is 0. The Hall–Kier alpha value is -1.19. The monoisotopic (exact) mass is 227 g/mol. The fourth-order valence-electron chi connectivity index (χ4n) is 3.37. The lowest BCUT2D eigenvalue weighted by Gasteiger charge is -2.37. The van der Waals surface area contributed by atoms with Gasteiger partial charge in [0.1, 0.15) is 17.9 Å². The summed E-state index contributed by atoms with van der Waals surface area (Å²) in [5.74, 6) is 0. The van der Waals surface area contributed by atoms with Gasteiger partial charge in [-0.25, -0.2) is 0 Å². The van der Waals surface area contributed by atoms with E-state index in [-0.39, 0.29) is 0 Å². The maximum atomic E-state index is 4.30. The molecular formula is C14H17N3. The summed E-state index contributed by atoms with van der Waals surface area (Å²) in [6, 6.07) is 2.10. The van der Waals surface area contributed by atoms with Crippen molar-refractivity contribution in [2.24, 2.45) is 0 Å². The number of fused-ring (bicyclic) bond motifs is 2. The molecule has 1 aromatic rings. The normalized spacial score (nSPS) is 32.6. The first kappa shape index (κ1) is 9.80. The molecule has 1 aromatic heterocycles. The quantitative estimate of drug-likeness (QED) is 0.585. The van der Waals surface area contributed by atoms with Gasteiger partial charge in [0, 0.05) is 43.3 Å². The van der Waals surface area contributed by atoms with Gasteiger partial charge in [0.15, 0.2) is 0 Å². The van der Waals surface area contributed by atoms with Crippen molar-refractivity contribution < 1.29 is 9.80 Å². The SMILES string of the molecule is [CH2-][NH+]1C2=C(CC3(CC3)[NH+]([CH2-])C2)c2cnccc21. The van der Waals surface area contributed by atoms with E-state index in [9.17, 15) is 0 Å². The van der Waals surface area contributed by atoms with Crippen LogP contribution in [0.3, 0.4) is 0 Å². The van der Waals surface area contributed by atoms with Crippen LogP contribution in [-0.2, 0) is 0 Å². The van der Waals surface area contributed by atoms with E-state index in [1.54, 1.807) is 0 Å². The molecule has 4 rings (SSSR count). The van der Waals surface area contributed by atoms with Crippen molar-refractivity contribution in [2.75, 3.05) is 6.54 Å². The van der Waals surface area contributed by atoms with E-state index in [1.807, 2.05) is 12.4 Å². The Morgan fingerprint density at radius 2 is 2.12 bits per heavy atom. The molecule has 2 N–H and O–H groups in total. The molecule has 0 aromatic carbocycles. The van der Waals surface area contributed by atoms with E-state index in [0.29, 0.717) is 5.54 Å². The molecule has 88 valence electrons. The van der Waals surface area contributed by atoms with Crippen molar-refractivity contribution in [3.05, 3.63) is 43.8 Å². The zero-order valence-electron chi connectivity index (χ0n) is 9.92. The third kappa shape index (κ3) is 1.16. The van der Waals surface area contributed by atoms with Crippen LogP contribution in [0, 0.1) is 14.1 Å². The van der Waals surface area contributed by atoms with Crippen LogP contribution in [0.5, 0.6) is 0 Å². The average Bonchev–Trinajstić information content (AvgIpc) is 3.07. The molecule has 1 saturated carbocycles. The number of rotatable bonds is 0. The van der Waals surface area contributed by atoms with Crippen molar-refractivity contribution >= 4 is 11.3 Å². The summed E-state index contributed by atoms with van der Waals surface area (Å²) < 4.78 is 0. The van der Waals surface area contributed by atoms with Crippen molar-refractivity contribution in [1.29, 1.82) is 0 Å². The Labute approximate surface area is 102 Å². The van der Waals surface area contributed by atoms with Gasteiger partial charge in [0.05, 0.1) is 11.1 Å². The smallest absolute Gasteiger partial charge is 0.143 e. The van der Waals surface area contributed by atoms with Gasteiger partial charge in [0.2, 0.25) is 0 Å². The van der Waals surface area contributed by atoms with Crippen LogP contribution in [0.15, 0.2) is 24.2 Å². The third-order valence-electron chi connectivity index (χ3n) is 4.71. The number of nitrogens with zero attached hydrogens (tertiary/aromatic N) is 1. The molecule has 1 aliphatic carbocycles. The molecule has 0 radical (unpaired) electrons. The predicted molar refractivity (Wildman–Crippen MR) is 64.9 cm³/mol. The van der Waals surface area contributed by atoms with E-state index in [2.05, 4.69) is 25.1 Å². The summed E-state index contributed by atoms with van der Waals surface area (Å²) in [6.45, 7) is 1.03. The minimum atomic E-state index is 0.441. The topological polar surface area (TPSA) is 21.8 Å². The molecule has 2 aliphatic heterocycles. The standard InChI is InChI=1S/C14H17N3/c1-16-9-13-10(7-14(16)4-5-14)11-8-15-6-3-12(11)17(13)2/h3,6,8,16-17H,1-2,4-5,7,9H2. The molecule has 3 heteroatoms. The number of pyridine rings is 1. The van der Waals surface area contributed by atoms with Crippen LogP contribution in [0.25, 0.3) is 5.57 Å². The largest absolute Gasteiger partial charge is 0.455 e. The van der Waals surface area contributed by atoms with Gasteiger partial charge in [0.25, 0.3) is 0 Å². The Morgan fingerprint density at radius 1 is 1.29 bits per heavy atom. The first-order valence-electron chi connectivity index (χ1n) is 6.26. The highest BCUT2D eigenvalue weighted by atomic mass is 15.3. The highest BCUT2D eigenvalue weighted by Gasteiger charge is 2.54. The van der Waals surface area contributed by atoms with Crippen LogP contribution in [-0.4, -0.2) is 17.1 Å². The van der Waals surface area contributed by atoms with Gasteiger partial charge in [-0.1, -0.05) is 0 Å². The number of quaternary nitrogens is 2. The van der Waals surface area contributed by atoms with Crippen molar-refractivity contribution in [2.45, 2.75) is 24.8 Å². The highest BCUT2D eigenvalue weighted by Crippen LogP contribution is 2.45. The van der Waals surface area contributed by atoms with Crippen LogP contribution in [0.4, 0.5) is 5.69 Å². The lowest BCUT2D eigenvalue weighted by Crippen LogP contribution is -3.17. The molecule has 3 heterocycles. The maximum Gasteiger partial charge on any atom is 0.143 e. The van der Waals surface area contributed by atoms with Gasteiger partial charge >= 0.3 is 0 Å². The zero-order valence-corrected chi connectivity index (χ0v) is 9.92. The van der Waals surface area contributed by atoms with Gasteiger partial charge in [-0.05, 0) is 0 Å². The molecule has 0 saturated heterocycles. The maximum absolute atomic E-state index is 4.30. The van der Waals surface area contributed by atoms with E-state index >= 15 is 0 Å². The second-order valence-electron chi connectivity index (χ2n) is 5.59. The van der Waals surface area contributed by atoms with Crippen molar-refractivity contribution in [1.82, 2.24) is 4.98 Å². The van der Waals surface area contributed by atoms with Crippen LogP contribution < -0.4 is 9.80 Å². The third-order valence-corrected chi connectivity index (χ3v) is 4.71. The molecule has 3 nitrogen and oxygen atoms in total. The molecule has 2 atom stereocenters. The van der Waals surface area contributed by atoms with E-state index in [0.717, 1.165) is 6.54 Å². The van der Waals surface area contributed by atoms with Crippen molar-refractivity contribution in [3.63, 3.8) is 0 Å². The van der Waals surface area contributed by atoms with Crippen molar-refractivity contribution in [3.8, 4) is 0 Å². The van der Waals surface area contributed by atoms with E-state index in [4.69, 9.17) is 0 Å². The number of hydrogen-bond donors (Lipinski definition) is 2. The molecule has 2 unspecified atom stereocenters. The summed E-state index contributed by atoms with van der Waals surface area (Å²) in [5.41, 5.74) is 5.98. The predicted octanol–water partition coefficient (Wildman–Crippen LogP) is -0.273. The summed E-state index contributed by atoms with van der Waals surface area (Å²) >= 11 is 0. The van der Waals surface area contributed by atoms with Crippen LogP contribution in [0.1, 0.15) is 24.8 Å². The second-order valence-corrected chi connectivity index (χ2v) is 5.59. The summed E-state index contributed by atoms with van der Waals surface area (Å²) in [7, 11) is 8.55. The minimum absolute atomic E-state index is 0.441. The highest BCUT2D eigenvalue weighted by molar-refractivity contribution is 5.78. The Morgan fingerprint density at radius 3 is 2.88 bits per heavy atom. The molecule has 1 spiro atoms. The molecule has 0 bridgehead atoms. The fourth-order valence-corrected chi connectivity index (χ4v) is 3.37. The second kappa shape index (κ2) is 2.98. The van der Waals surface area contributed by atoms with Gasteiger partial charge in [-0.15, -0.1) is 14.1 Å². The summed E-state index contributed by atoms with van der Waals surface area (Å²) in [4.78, 5) is 6.90. The molecule has 0 amide bonds.